The van der Waals surface area contributed by atoms with Crippen molar-refractivity contribution in [3.8, 4) is 0 Å². The molecule has 2 unspecified atom stereocenters. The molecule has 0 bridgehead atoms. The zero-order chi connectivity index (χ0) is 15.9. The molecule has 121 valence electrons. The first-order valence-electron chi connectivity index (χ1n) is 8.46. The lowest BCUT2D eigenvalue weighted by molar-refractivity contribution is -0.253. The van der Waals surface area contributed by atoms with Gasteiger partial charge in [-0.3, -0.25) is 4.89 Å². The van der Waals surface area contributed by atoms with Crippen LogP contribution in [0.2, 0.25) is 0 Å². The van der Waals surface area contributed by atoms with Gasteiger partial charge in [0.25, 0.3) is 0 Å². The maximum atomic E-state index is 12.1. The molecule has 0 spiro atoms. The second-order valence-electron chi connectivity index (χ2n) is 6.39. The van der Waals surface area contributed by atoms with Crippen LogP contribution < -0.4 is 0 Å². The summed E-state index contributed by atoms with van der Waals surface area (Å²) in [5, 5.41) is 0. The molecular formula is C19H27O3. The van der Waals surface area contributed by atoms with Gasteiger partial charge >= 0.3 is 5.97 Å². The van der Waals surface area contributed by atoms with Crippen LogP contribution in [0.25, 0.3) is 0 Å². The number of carbonyl (C=O) groups excluding carboxylic acids is 1. The van der Waals surface area contributed by atoms with Crippen LogP contribution in [0.3, 0.4) is 0 Å². The van der Waals surface area contributed by atoms with Crippen molar-refractivity contribution in [2.24, 2.45) is 11.8 Å². The van der Waals surface area contributed by atoms with E-state index in [0.29, 0.717) is 17.4 Å². The summed E-state index contributed by atoms with van der Waals surface area (Å²) < 4.78 is 0. The van der Waals surface area contributed by atoms with Gasteiger partial charge in [0.05, 0.1) is 5.56 Å². The van der Waals surface area contributed by atoms with Crippen LogP contribution in [-0.4, -0.2) is 5.97 Å². The Morgan fingerprint density at radius 2 is 1.77 bits per heavy atom. The van der Waals surface area contributed by atoms with E-state index in [1.807, 2.05) is 24.3 Å². The lowest BCUT2D eigenvalue weighted by Crippen LogP contribution is -2.26. The topological polar surface area (TPSA) is 35.5 Å². The van der Waals surface area contributed by atoms with Crippen molar-refractivity contribution in [2.45, 2.75) is 59.3 Å². The number of aryl methyl sites for hydroxylation is 1. The highest BCUT2D eigenvalue weighted by atomic mass is 17.2. The Balaban J connectivity index is 1.86. The molecule has 1 aliphatic carbocycles. The van der Waals surface area contributed by atoms with Crippen molar-refractivity contribution >= 4 is 5.97 Å². The molecule has 3 heteroatoms. The molecule has 0 aromatic heterocycles. The lowest BCUT2D eigenvalue weighted by atomic mass is 9.81. The Morgan fingerprint density at radius 1 is 1.14 bits per heavy atom. The molecule has 1 radical (unpaired) electrons. The molecule has 2 rings (SSSR count). The minimum absolute atomic E-state index is 0.355. The second kappa shape index (κ2) is 8.33. The van der Waals surface area contributed by atoms with Crippen molar-refractivity contribution in [2.75, 3.05) is 0 Å². The quantitative estimate of drug-likeness (QED) is 0.541. The molecule has 1 aromatic carbocycles. The number of unbranched alkanes of at least 4 members (excludes halogenated alkanes) is 1. The molecular weight excluding hydrogens is 276 g/mol. The molecule has 0 saturated heterocycles. The average Bonchev–Trinajstić information content (AvgIpc) is 2.52. The predicted octanol–water partition coefficient (Wildman–Crippen LogP) is 5.11. The van der Waals surface area contributed by atoms with Crippen LogP contribution in [0.15, 0.2) is 24.3 Å². The first-order valence-corrected chi connectivity index (χ1v) is 8.46. The summed E-state index contributed by atoms with van der Waals surface area (Å²) >= 11 is 0. The van der Waals surface area contributed by atoms with E-state index in [9.17, 15) is 4.79 Å². The maximum absolute atomic E-state index is 12.1. The van der Waals surface area contributed by atoms with E-state index in [-0.39, 0.29) is 0 Å². The van der Waals surface area contributed by atoms with Crippen molar-refractivity contribution in [1.29, 1.82) is 0 Å². The normalized spacial score (nSPS) is 22.5. The number of benzene rings is 1. The van der Waals surface area contributed by atoms with Crippen molar-refractivity contribution in [1.82, 2.24) is 0 Å². The fraction of sp³-hybridized carbons (Fsp3) is 0.579. The Hall–Kier alpha value is -1.35. The van der Waals surface area contributed by atoms with Crippen LogP contribution in [0, 0.1) is 17.9 Å². The molecule has 0 N–H and O–H groups in total. The fourth-order valence-corrected chi connectivity index (χ4v) is 2.99. The van der Waals surface area contributed by atoms with Crippen molar-refractivity contribution in [3.63, 3.8) is 0 Å². The van der Waals surface area contributed by atoms with Gasteiger partial charge in [-0.1, -0.05) is 45.7 Å². The summed E-state index contributed by atoms with van der Waals surface area (Å²) in [5.41, 5.74) is 1.79. The van der Waals surface area contributed by atoms with Gasteiger partial charge in [0.1, 0.15) is 0 Å². The van der Waals surface area contributed by atoms with Gasteiger partial charge in [-0.05, 0) is 55.2 Å². The summed E-state index contributed by atoms with van der Waals surface area (Å²) in [6, 6.07) is 7.61. The molecule has 1 fully saturated rings. The molecule has 0 heterocycles. The highest BCUT2D eigenvalue weighted by Gasteiger charge is 2.32. The minimum atomic E-state index is -0.417. The van der Waals surface area contributed by atoms with Crippen molar-refractivity contribution < 1.29 is 14.6 Å². The van der Waals surface area contributed by atoms with E-state index < -0.39 is 5.97 Å². The third kappa shape index (κ3) is 4.57. The van der Waals surface area contributed by atoms with Crippen molar-refractivity contribution in [3.05, 3.63) is 41.5 Å². The molecule has 22 heavy (non-hydrogen) atoms. The van der Waals surface area contributed by atoms with Gasteiger partial charge in [-0.2, -0.15) is 4.89 Å². The van der Waals surface area contributed by atoms with Gasteiger partial charge in [-0.25, -0.2) is 4.79 Å². The molecule has 1 saturated carbocycles. The predicted molar refractivity (Wildman–Crippen MR) is 87.0 cm³/mol. The van der Waals surface area contributed by atoms with Crippen LogP contribution in [0.1, 0.15) is 68.8 Å². The number of hydrogen-bond donors (Lipinski definition) is 0. The summed E-state index contributed by atoms with van der Waals surface area (Å²) in [6.45, 7) is 6.43. The number of carbonyl (C=O) groups is 1. The monoisotopic (exact) mass is 303 g/mol. The Labute approximate surface area is 133 Å². The standard InChI is InChI=1S/C19H27O3/c1-4-5-9-16-10-12-17(13-11-16)19(20)22-21-18-14(2)7-6-8-15(18)3/h10-15H,4-9H2,1-3H3. The maximum Gasteiger partial charge on any atom is 0.373 e. The SMILES string of the molecule is CCCCc1ccc(C(=O)OO[C]2C(C)CCCC2C)cc1. The summed E-state index contributed by atoms with van der Waals surface area (Å²) in [4.78, 5) is 22.5. The van der Waals surface area contributed by atoms with E-state index in [4.69, 9.17) is 9.78 Å². The summed E-state index contributed by atoms with van der Waals surface area (Å²) in [6.07, 6.45) is 7.71. The molecule has 3 nitrogen and oxygen atoms in total. The highest BCUT2D eigenvalue weighted by molar-refractivity contribution is 5.88. The van der Waals surface area contributed by atoms with Crippen LogP contribution >= 0.6 is 0 Å². The largest absolute Gasteiger partial charge is 0.373 e. The summed E-state index contributed by atoms with van der Waals surface area (Å²) in [5.74, 6) is 0.292. The van der Waals surface area contributed by atoms with Gasteiger partial charge < -0.3 is 0 Å². The van der Waals surface area contributed by atoms with Crippen LogP contribution in [0.4, 0.5) is 0 Å². The van der Waals surface area contributed by atoms with E-state index in [0.717, 1.165) is 25.4 Å². The first-order chi connectivity index (χ1) is 10.6. The highest BCUT2D eigenvalue weighted by Crippen LogP contribution is 2.37. The van der Waals surface area contributed by atoms with Gasteiger partial charge in [0.15, 0.2) is 6.10 Å². The van der Waals surface area contributed by atoms with E-state index in [1.54, 1.807) is 0 Å². The van der Waals surface area contributed by atoms with E-state index in [1.165, 1.54) is 24.8 Å². The third-order valence-corrected chi connectivity index (χ3v) is 4.47. The fourth-order valence-electron chi connectivity index (χ4n) is 2.99. The number of rotatable bonds is 6. The second-order valence-corrected chi connectivity index (χ2v) is 6.39. The molecule has 1 aromatic rings. The zero-order valence-electron chi connectivity index (χ0n) is 13.9. The van der Waals surface area contributed by atoms with Crippen LogP contribution in [0.5, 0.6) is 0 Å². The Bertz CT molecular complexity index is 456. The molecule has 1 aliphatic rings. The average molecular weight is 303 g/mol. The molecule has 2 atom stereocenters. The Morgan fingerprint density at radius 3 is 2.36 bits per heavy atom. The molecule has 0 aliphatic heterocycles. The Kier molecular flexibility index (Phi) is 6.44. The number of hydrogen-bond acceptors (Lipinski definition) is 3. The van der Waals surface area contributed by atoms with E-state index in [2.05, 4.69) is 20.8 Å². The van der Waals surface area contributed by atoms with Gasteiger partial charge in [-0.15, -0.1) is 0 Å². The lowest BCUT2D eigenvalue weighted by Gasteiger charge is -2.31. The first kappa shape index (κ1) is 17.0. The van der Waals surface area contributed by atoms with Gasteiger partial charge in [0, 0.05) is 0 Å². The third-order valence-electron chi connectivity index (χ3n) is 4.47. The van der Waals surface area contributed by atoms with E-state index >= 15 is 0 Å². The summed E-state index contributed by atoms with van der Waals surface area (Å²) in [7, 11) is 0. The molecule has 0 amide bonds. The smallest absolute Gasteiger partial charge is 0.292 e. The minimum Gasteiger partial charge on any atom is -0.292 e. The van der Waals surface area contributed by atoms with Gasteiger partial charge in [0.2, 0.25) is 0 Å². The zero-order valence-corrected chi connectivity index (χ0v) is 13.9. The van der Waals surface area contributed by atoms with Crippen LogP contribution in [-0.2, 0) is 16.2 Å².